The molecule has 1 N–H and O–H groups in total. The SMILES string of the molecule is Cc1ccccc1OC[C@@H](C)NC(=O)[C@H](C)Oc1ccc2ccccc2c1. The van der Waals surface area contributed by atoms with Gasteiger partial charge < -0.3 is 14.8 Å². The van der Waals surface area contributed by atoms with Crippen LogP contribution < -0.4 is 14.8 Å². The largest absolute Gasteiger partial charge is 0.491 e. The van der Waals surface area contributed by atoms with E-state index < -0.39 is 6.10 Å². The average Bonchev–Trinajstić information content (AvgIpc) is 2.67. The maximum absolute atomic E-state index is 12.4. The number of hydrogen-bond acceptors (Lipinski definition) is 3. The highest BCUT2D eigenvalue weighted by atomic mass is 16.5. The van der Waals surface area contributed by atoms with Crippen molar-refractivity contribution >= 4 is 16.7 Å². The quantitative estimate of drug-likeness (QED) is 0.672. The van der Waals surface area contributed by atoms with E-state index in [1.54, 1.807) is 6.92 Å². The lowest BCUT2D eigenvalue weighted by Gasteiger charge is -2.19. The fourth-order valence-electron chi connectivity index (χ4n) is 2.83. The van der Waals surface area contributed by atoms with E-state index in [-0.39, 0.29) is 11.9 Å². The number of aryl methyl sites for hydroxylation is 1. The van der Waals surface area contributed by atoms with Crippen molar-refractivity contribution in [2.75, 3.05) is 6.61 Å². The van der Waals surface area contributed by atoms with Gasteiger partial charge in [0.25, 0.3) is 5.91 Å². The van der Waals surface area contributed by atoms with E-state index in [1.807, 2.05) is 80.6 Å². The fraction of sp³-hybridized carbons (Fsp3) is 0.261. The van der Waals surface area contributed by atoms with Crippen LogP contribution in [0.25, 0.3) is 10.8 Å². The van der Waals surface area contributed by atoms with Crippen LogP contribution in [0.15, 0.2) is 66.7 Å². The minimum absolute atomic E-state index is 0.125. The molecule has 2 atom stereocenters. The Balaban J connectivity index is 1.52. The van der Waals surface area contributed by atoms with Crippen molar-refractivity contribution in [1.82, 2.24) is 5.32 Å². The number of carbonyl (C=O) groups excluding carboxylic acids is 1. The summed E-state index contributed by atoms with van der Waals surface area (Å²) in [6, 6.07) is 21.6. The third-order valence-corrected chi connectivity index (χ3v) is 4.37. The Hall–Kier alpha value is -3.01. The lowest BCUT2D eigenvalue weighted by molar-refractivity contribution is -0.128. The number of fused-ring (bicyclic) bond motifs is 1. The first kappa shape index (κ1) is 18.8. The van der Waals surface area contributed by atoms with Crippen molar-refractivity contribution in [2.24, 2.45) is 0 Å². The van der Waals surface area contributed by atoms with Crippen molar-refractivity contribution in [1.29, 1.82) is 0 Å². The molecule has 0 unspecified atom stereocenters. The monoisotopic (exact) mass is 363 g/mol. The molecule has 0 radical (unpaired) electrons. The zero-order valence-corrected chi connectivity index (χ0v) is 15.9. The van der Waals surface area contributed by atoms with E-state index in [4.69, 9.17) is 9.47 Å². The molecular formula is C23H25NO3. The zero-order valence-electron chi connectivity index (χ0n) is 15.9. The third kappa shape index (κ3) is 5.00. The molecule has 4 heteroatoms. The maximum atomic E-state index is 12.4. The van der Waals surface area contributed by atoms with Gasteiger partial charge in [0.1, 0.15) is 18.1 Å². The predicted octanol–water partition coefficient (Wildman–Crippen LogP) is 4.50. The van der Waals surface area contributed by atoms with E-state index in [2.05, 4.69) is 5.32 Å². The molecule has 0 bridgehead atoms. The van der Waals surface area contributed by atoms with Gasteiger partial charge in [0, 0.05) is 0 Å². The Morgan fingerprint density at radius 1 is 0.963 bits per heavy atom. The van der Waals surface area contributed by atoms with Crippen LogP contribution in [0.3, 0.4) is 0 Å². The molecule has 0 heterocycles. The second-order valence-electron chi connectivity index (χ2n) is 6.76. The summed E-state index contributed by atoms with van der Waals surface area (Å²) in [6.45, 7) is 6.07. The Morgan fingerprint density at radius 3 is 2.44 bits per heavy atom. The molecule has 4 nitrogen and oxygen atoms in total. The molecule has 0 aromatic heterocycles. The molecule has 3 rings (SSSR count). The lowest BCUT2D eigenvalue weighted by Crippen LogP contribution is -2.43. The molecule has 0 aliphatic heterocycles. The van der Waals surface area contributed by atoms with Crippen LogP contribution >= 0.6 is 0 Å². The van der Waals surface area contributed by atoms with Gasteiger partial charge in [-0.2, -0.15) is 0 Å². The first-order valence-electron chi connectivity index (χ1n) is 9.17. The van der Waals surface area contributed by atoms with Gasteiger partial charge in [-0.05, 0) is 55.3 Å². The topological polar surface area (TPSA) is 47.6 Å². The number of para-hydroxylation sites is 1. The molecule has 0 saturated heterocycles. The summed E-state index contributed by atoms with van der Waals surface area (Å²) in [5, 5.41) is 5.17. The molecule has 0 fully saturated rings. The second-order valence-corrected chi connectivity index (χ2v) is 6.76. The van der Waals surface area contributed by atoms with E-state index in [0.717, 1.165) is 22.1 Å². The highest BCUT2D eigenvalue weighted by Gasteiger charge is 2.17. The molecule has 3 aromatic carbocycles. The normalized spacial score (nSPS) is 13.0. The van der Waals surface area contributed by atoms with Crippen LogP contribution in [0.2, 0.25) is 0 Å². The number of rotatable bonds is 7. The van der Waals surface area contributed by atoms with Crippen molar-refractivity contribution in [2.45, 2.75) is 32.9 Å². The van der Waals surface area contributed by atoms with E-state index in [1.165, 1.54) is 0 Å². The zero-order chi connectivity index (χ0) is 19.2. The third-order valence-electron chi connectivity index (χ3n) is 4.37. The standard InChI is InChI=1S/C23H25NO3/c1-16-8-4-7-11-22(16)26-15-17(2)24-23(25)18(3)27-21-13-12-19-9-5-6-10-20(19)14-21/h4-14,17-18H,15H2,1-3H3,(H,24,25)/t17-,18+/m1/s1. The van der Waals surface area contributed by atoms with Crippen molar-refractivity contribution in [3.63, 3.8) is 0 Å². The van der Waals surface area contributed by atoms with Gasteiger partial charge in [-0.1, -0.05) is 48.5 Å². The molecule has 0 aliphatic rings. The maximum Gasteiger partial charge on any atom is 0.261 e. The molecular weight excluding hydrogens is 338 g/mol. The number of ether oxygens (including phenoxy) is 2. The van der Waals surface area contributed by atoms with Gasteiger partial charge in [-0.15, -0.1) is 0 Å². The Morgan fingerprint density at radius 2 is 1.67 bits per heavy atom. The molecule has 140 valence electrons. The summed E-state index contributed by atoms with van der Waals surface area (Å²) in [7, 11) is 0. The fourth-order valence-corrected chi connectivity index (χ4v) is 2.83. The Kier molecular flexibility index (Phi) is 5.97. The van der Waals surface area contributed by atoms with Crippen LogP contribution in [0.4, 0.5) is 0 Å². The van der Waals surface area contributed by atoms with Gasteiger partial charge in [0.15, 0.2) is 6.10 Å². The summed E-state index contributed by atoms with van der Waals surface area (Å²) in [4.78, 5) is 12.4. The first-order chi connectivity index (χ1) is 13.0. The van der Waals surface area contributed by atoms with Crippen LogP contribution in [-0.4, -0.2) is 24.7 Å². The number of benzene rings is 3. The number of amides is 1. The summed E-state index contributed by atoms with van der Waals surface area (Å²) in [5.41, 5.74) is 1.07. The highest BCUT2D eigenvalue weighted by molar-refractivity contribution is 5.84. The van der Waals surface area contributed by atoms with Gasteiger partial charge in [0.05, 0.1) is 6.04 Å². The van der Waals surface area contributed by atoms with E-state index in [9.17, 15) is 4.79 Å². The van der Waals surface area contributed by atoms with Gasteiger partial charge in [-0.3, -0.25) is 4.79 Å². The minimum Gasteiger partial charge on any atom is -0.491 e. The van der Waals surface area contributed by atoms with Crippen LogP contribution in [0.1, 0.15) is 19.4 Å². The predicted molar refractivity (Wildman–Crippen MR) is 108 cm³/mol. The number of nitrogens with one attached hydrogen (secondary N) is 1. The molecule has 0 spiro atoms. The van der Waals surface area contributed by atoms with Crippen molar-refractivity contribution in [3.8, 4) is 11.5 Å². The van der Waals surface area contributed by atoms with Crippen LogP contribution in [-0.2, 0) is 4.79 Å². The Bertz CT molecular complexity index is 922. The molecule has 27 heavy (non-hydrogen) atoms. The smallest absolute Gasteiger partial charge is 0.261 e. The van der Waals surface area contributed by atoms with Gasteiger partial charge in [-0.25, -0.2) is 0 Å². The summed E-state index contributed by atoms with van der Waals surface area (Å²) >= 11 is 0. The number of hydrogen-bond donors (Lipinski definition) is 1. The molecule has 3 aromatic rings. The van der Waals surface area contributed by atoms with Crippen molar-refractivity contribution < 1.29 is 14.3 Å². The Labute approximate surface area is 160 Å². The highest BCUT2D eigenvalue weighted by Crippen LogP contribution is 2.21. The summed E-state index contributed by atoms with van der Waals surface area (Å²) in [6.07, 6.45) is -0.591. The summed E-state index contributed by atoms with van der Waals surface area (Å²) in [5.74, 6) is 1.35. The lowest BCUT2D eigenvalue weighted by atomic mass is 10.1. The first-order valence-corrected chi connectivity index (χ1v) is 9.17. The van der Waals surface area contributed by atoms with E-state index in [0.29, 0.717) is 12.4 Å². The minimum atomic E-state index is -0.591. The molecule has 0 saturated carbocycles. The second kappa shape index (κ2) is 8.58. The van der Waals surface area contributed by atoms with Crippen LogP contribution in [0, 0.1) is 6.92 Å². The van der Waals surface area contributed by atoms with E-state index >= 15 is 0 Å². The van der Waals surface area contributed by atoms with Gasteiger partial charge >= 0.3 is 0 Å². The van der Waals surface area contributed by atoms with Crippen molar-refractivity contribution in [3.05, 3.63) is 72.3 Å². The molecule has 0 aliphatic carbocycles. The van der Waals surface area contributed by atoms with Crippen LogP contribution in [0.5, 0.6) is 11.5 Å². The molecule has 1 amide bonds. The summed E-state index contributed by atoms with van der Waals surface area (Å²) < 4.78 is 11.6. The van der Waals surface area contributed by atoms with Gasteiger partial charge in [0.2, 0.25) is 0 Å². The number of carbonyl (C=O) groups is 1. The average molecular weight is 363 g/mol.